The van der Waals surface area contributed by atoms with Crippen LogP contribution in [0.4, 0.5) is 11.4 Å². The first-order chi connectivity index (χ1) is 12.8. The van der Waals surface area contributed by atoms with E-state index in [4.69, 9.17) is 27.9 Å². The number of carbonyl (C=O) groups is 1. The van der Waals surface area contributed by atoms with Gasteiger partial charge in [-0.15, -0.1) is 0 Å². The van der Waals surface area contributed by atoms with Crippen molar-refractivity contribution >= 4 is 51.4 Å². The molecule has 138 valence electrons. The number of carbonyl (C=O) groups excluding carboxylic acids is 1. The van der Waals surface area contributed by atoms with Gasteiger partial charge in [-0.1, -0.05) is 23.2 Å². The molecule has 0 unspecified atom stereocenters. The summed E-state index contributed by atoms with van der Waals surface area (Å²) >= 11 is 11.9. The van der Waals surface area contributed by atoms with Crippen molar-refractivity contribution in [2.75, 3.05) is 5.32 Å². The fourth-order valence-electron chi connectivity index (χ4n) is 2.27. The molecule has 1 amide bonds. The maximum Gasteiger partial charge on any atom is 0.271 e. The molecule has 0 bridgehead atoms. The minimum Gasteiger partial charge on any atom is -0.464 e. The lowest BCUT2D eigenvalue weighted by Crippen LogP contribution is -2.30. The average molecular weight is 407 g/mol. The molecule has 0 spiro atoms. The molecule has 3 aromatic rings. The Morgan fingerprint density at radius 1 is 1.22 bits per heavy atom. The number of hydrogen-bond donors (Lipinski definition) is 1. The van der Waals surface area contributed by atoms with Crippen molar-refractivity contribution in [2.45, 2.75) is 13.0 Å². The van der Waals surface area contributed by atoms with Crippen LogP contribution >= 0.6 is 23.2 Å². The molecule has 1 N–H and O–H groups in total. The van der Waals surface area contributed by atoms with Gasteiger partial charge in [-0.3, -0.25) is 14.9 Å². The third kappa shape index (κ3) is 4.24. The molecule has 2 aromatic carbocycles. The number of nitro benzene ring substituents is 1. The summed E-state index contributed by atoms with van der Waals surface area (Å²) in [5, 5.41) is 14.7. The minimum atomic E-state index is -0.912. The summed E-state index contributed by atoms with van der Waals surface area (Å²) in [6.45, 7) is 1.54. The van der Waals surface area contributed by atoms with Crippen LogP contribution < -0.4 is 10.1 Å². The van der Waals surface area contributed by atoms with Crippen molar-refractivity contribution in [3.63, 3.8) is 0 Å². The van der Waals surface area contributed by atoms with Gasteiger partial charge in [-0.05, 0) is 31.2 Å². The highest BCUT2D eigenvalue weighted by Gasteiger charge is 2.19. The van der Waals surface area contributed by atoms with Gasteiger partial charge in [0, 0.05) is 17.2 Å². The zero-order valence-electron chi connectivity index (χ0n) is 13.8. The molecule has 0 saturated carbocycles. The smallest absolute Gasteiger partial charge is 0.271 e. The largest absolute Gasteiger partial charge is 0.464 e. The number of nitrogens with one attached hydrogen (secondary N) is 1. The SMILES string of the molecule is C[C@@H](Oc1ncnc2cc([N+](=O)[O-])ccc12)C(=O)Nc1ccc(Cl)cc1Cl. The molecule has 1 heterocycles. The van der Waals surface area contributed by atoms with E-state index in [0.717, 1.165) is 0 Å². The Morgan fingerprint density at radius 3 is 2.70 bits per heavy atom. The Hall–Kier alpha value is -2.97. The molecule has 10 heteroatoms. The van der Waals surface area contributed by atoms with Crippen LogP contribution in [0.1, 0.15) is 6.92 Å². The lowest BCUT2D eigenvalue weighted by Gasteiger charge is -2.15. The van der Waals surface area contributed by atoms with E-state index in [1.165, 1.54) is 30.6 Å². The average Bonchev–Trinajstić information content (AvgIpc) is 2.63. The van der Waals surface area contributed by atoms with Crippen molar-refractivity contribution in [3.05, 3.63) is 62.9 Å². The Bertz CT molecular complexity index is 1040. The van der Waals surface area contributed by atoms with E-state index in [0.29, 0.717) is 26.6 Å². The number of rotatable bonds is 5. The number of hydrogen-bond acceptors (Lipinski definition) is 6. The molecular weight excluding hydrogens is 395 g/mol. The van der Waals surface area contributed by atoms with Gasteiger partial charge in [-0.2, -0.15) is 0 Å². The summed E-state index contributed by atoms with van der Waals surface area (Å²) in [6.07, 6.45) is 0.298. The maximum atomic E-state index is 12.4. The quantitative estimate of drug-likeness (QED) is 0.501. The molecule has 1 aromatic heterocycles. The van der Waals surface area contributed by atoms with E-state index >= 15 is 0 Å². The first kappa shape index (κ1) is 18.8. The molecule has 1 atom stereocenters. The van der Waals surface area contributed by atoms with Crippen LogP contribution in [0.2, 0.25) is 10.0 Å². The lowest BCUT2D eigenvalue weighted by atomic mass is 10.2. The van der Waals surface area contributed by atoms with E-state index in [9.17, 15) is 14.9 Å². The number of fused-ring (bicyclic) bond motifs is 1. The molecule has 27 heavy (non-hydrogen) atoms. The van der Waals surface area contributed by atoms with E-state index < -0.39 is 16.9 Å². The van der Waals surface area contributed by atoms with Gasteiger partial charge in [0.1, 0.15) is 6.33 Å². The summed E-state index contributed by atoms with van der Waals surface area (Å²) in [5.41, 5.74) is 0.627. The second-order valence-corrected chi connectivity index (χ2v) is 6.35. The highest BCUT2D eigenvalue weighted by molar-refractivity contribution is 6.36. The van der Waals surface area contributed by atoms with Crippen molar-refractivity contribution in [1.82, 2.24) is 9.97 Å². The highest BCUT2D eigenvalue weighted by Crippen LogP contribution is 2.27. The first-order valence-corrected chi connectivity index (χ1v) is 8.42. The standard InChI is InChI=1S/C17H12Cl2N4O4/c1-9(16(24)22-14-5-2-10(18)6-13(14)19)27-17-12-4-3-11(23(25)26)7-15(12)20-8-21-17/h2-9H,1H3,(H,22,24)/t9-/m1/s1. The van der Waals surface area contributed by atoms with Gasteiger partial charge < -0.3 is 10.1 Å². The second-order valence-electron chi connectivity index (χ2n) is 5.51. The van der Waals surface area contributed by atoms with Crippen LogP contribution in [0.3, 0.4) is 0 Å². The third-order valence-electron chi connectivity index (χ3n) is 3.64. The molecule has 8 nitrogen and oxygen atoms in total. The van der Waals surface area contributed by atoms with E-state index in [2.05, 4.69) is 15.3 Å². The van der Waals surface area contributed by atoms with Crippen molar-refractivity contribution < 1.29 is 14.5 Å². The van der Waals surface area contributed by atoms with Crippen LogP contribution in [-0.2, 0) is 4.79 Å². The van der Waals surface area contributed by atoms with Crippen LogP contribution in [0.5, 0.6) is 5.88 Å². The highest BCUT2D eigenvalue weighted by atomic mass is 35.5. The number of aromatic nitrogens is 2. The number of non-ortho nitro benzene ring substituents is 1. The molecule has 0 aliphatic rings. The van der Waals surface area contributed by atoms with Crippen LogP contribution in [0.15, 0.2) is 42.7 Å². The van der Waals surface area contributed by atoms with Crippen molar-refractivity contribution in [1.29, 1.82) is 0 Å². The van der Waals surface area contributed by atoms with E-state index in [1.807, 2.05) is 0 Å². The van der Waals surface area contributed by atoms with Crippen molar-refractivity contribution in [2.24, 2.45) is 0 Å². The van der Waals surface area contributed by atoms with Gasteiger partial charge in [0.25, 0.3) is 11.6 Å². The summed E-state index contributed by atoms with van der Waals surface area (Å²) in [4.78, 5) is 30.7. The van der Waals surface area contributed by atoms with E-state index in [1.54, 1.807) is 19.1 Å². The lowest BCUT2D eigenvalue weighted by molar-refractivity contribution is -0.384. The molecule has 0 radical (unpaired) electrons. The molecule has 0 aliphatic heterocycles. The summed E-state index contributed by atoms with van der Waals surface area (Å²) in [5.74, 6) is -0.312. The van der Waals surface area contributed by atoms with Crippen LogP contribution in [0, 0.1) is 10.1 Å². The molecule has 3 rings (SSSR count). The van der Waals surface area contributed by atoms with Crippen LogP contribution in [0.25, 0.3) is 10.9 Å². The third-order valence-corrected chi connectivity index (χ3v) is 4.19. The number of ether oxygens (including phenoxy) is 1. The molecular formula is C17H12Cl2N4O4. The minimum absolute atomic E-state index is 0.102. The van der Waals surface area contributed by atoms with Gasteiger partial charge in [-0.25, -0.2) is 9.97 Å². The fourth-order valence-corrected chi connectivity index (χ4v) is 2.73. The summed E-state index contributed by atoms with van der Waals surface area (Å²) in [6, 6.07) is 8.78. The molecule has 0 saturated heterocycles. The Labute approximate surface area is 163 Å². The number of nitrogens with zero attached hydrogens (tertiary/aromatic N) is 3. The van der Waals surface area contributed by atoms with Crippen molar-refractivity contribution in [3.8, 4) is 5.88 Å². The van der Waals surface area contributed by atoms with Gasteiger partial charge in [0.05, 0.1) is 26.5 Å². The topological polar surface area (TPSA) is 107 Å². The number of amides is 1. The number of anilines is 1. The zero-order valence-corrected chi connectivity index (χ0v) is 15.4. The summed E-state index contributed by atoms with van der Waals surface area (Å²) in [7, 11) is 0. The Kier molecular flexibility index (Phi) is 5.38. The second kappa shape index (κ2) is 7.73. The maximum absolute atomic E-state index is 12.4. The Balaban J connectivity index is 1.79. The monoisotopic (exact) mass is 406 g/mol. The number of nitro groups is 1. The van der Waals surface area contributed by atoms with Gasteiger partial charge in [0.2, 0.25) is 5.88 Å². The number of halogens is 2. The molecule has 0 aliphatic carbocycles. The molecule has 0 fully saturated rings. The van der Waals surface area contributed by atoms with Crippen LogP contribution in [-0.4, -0.2) is 26.9 Å². The van der Waals surface area contributed by atoms with E-state index in [-0.39, 0.29) is 11.6 Å². The predicted molar refractivity (Wildman–Crippen MR) is 101 cm³/mol. The fraction of sp³-hybridized carbons (Fsp3) is 0.118. The first-order valence-electron chi connectivity index (χ1n) is 7.67. The number of benzene rings is 2. The zero-order chi connectivity index (χ0) is 19.6. The van der Waals surface area contributed by atoms with Gasteiger partial charge in [0.15, 0.2) is 6.10 Å². The predicted octanol–water partition coefficient (Wildman–Crippen LogP) is 4.25. The Morgan fingerprint density at radius 2 is 2.00 bits per heavy atom. The van der Waals surface area contributed by atoms with Gasteiger partial charge >= 0.3 is 0 Å². The normalized spacial score (nSPS) is 11.8. The summed E-state index contributed by atoms with van der Waals surface area (Å²) < 4.78 is 5.62.